The van der Waals surface area contributed by atoms with Crippen LogP contribution in [0.15, 0.2) is 59.1 Å². The van der Waals surface area contributed by atoms with E-state index in [9.17, 15) is 4.79 Å². The van der Waals surface area contributed by atoms with Crippen molar-refractivity contribution in [2.45, 2.75) is 32.2 Å². The maximum Gasteiger partial charge on any atom is 0.163 e. The number of ether oxygens (including phenoxy) is 1. The Labute approximate surface area is 188 Å². The summed E-state index contributed by atoms with van der Waals surface area (Å²) in [7, 11) is 1.51. The molecule has 0 bridgehead atoms. The number of piperidine rings is 1. The molecule has 32 heavy (non-hydrogen) atoms. The highest BCUT2D eigenvalue weighted by Gasteiger charge is 2.22. The molecule has 0 saturated carbocycles. The molecule has 0 spiro atoms. The van der Waals surface area contributed by atoms with Crippen LogP contribution in [0.1, 0.15) is 47.4 Å². The summed E-state index contributed by atoms with van der Waals surface area (Å²) in [6.07, 6.45) is 3.55. The lowest BCUT2D eigenvalue weighted by molar-refractivity contribution is 0.0959. The molecule has 6 heteroatoms. The minimum atomic E-state index is 0.102. The van der Waals surface area contributed by atoms with Gasteiger partial charge in [0.1, 0.15) is 17.5 Å². The van der Waals surface area contributed by atoms with Crippen molar-refractivity contribution >= 4 is 5.78 Å². The van der Waals surface area contributed by atoms with Crippen LogP contribution in [0.25, 0.3) is 11.3 Å². The lowest BCUT2D eigenvalue weighted by Gasteiger charge is -2.31. The quantitative estimate of drug-likeness (QED) is 0.464. The summed E-state index contributed by atoms with van der Waals surface area (Å²) in [6.45, 7) is 2.74. The van der Waals surface area contributed by atoms with E-state index < -0.39 is 0 Å². The van der Waals surface area contributed by atoms with Crippen molar-refractivity contribution in [2.24, 2.45) is 5.92 Å². The van der Waals surface area contributed by atoms with Gasteiger partial charge in [0.15, 0.2) is 11.5 Å². The number of benzene rings is 2. The second-order valence-electron chi connectivity index (χ2n) is 8.25. The molecule has 2 heterocycles. The molecule has 2 aromatic carbocycles. The minimum absolute atomic E-state index is 0.102. The molecule has 0 unspecified atom stereocenters. The zero-order valence-electron chi connectivity index (χ0n) is 18.3. The Balaban J connectivity index is 1.24. The molecule has 0 radical (unpaired) electrons. The van der Waals surface area contributed by atoms with E-state index >= 15 is 0 Å². The second kappa shape index (κ2) is 10.3. The number of rotatable bonds is 8. The number of nitriles is 1. The molecule has 6 nitrogen and oxygen atoms in total. The van der Waals surface area contributed by atoms with E-state index in [2.05, 4.69) is 16.1 Å². The molecule has 1 aliphatic rings. The van der Waals surface area contributed by atoms with Gasteiger partial charge in [0, 0.05) is 23.6 Å². The van der Waals surface area contributed by atoms with Crippen LogP contribution in [0.5, 0.6) is 5.75 Å². The molecule has 0 amide bonds. The summed E-state index contributed by atoms with van der Waals surface area (Å²) >= 11 is 0. The van der Waals surface area contributed by atoms with Crippen molar-refractivity contribution in [3.8, 4) is 23.1 Å². The Morgan fingerprint density at radius 2 is 1.97 bits per heavy atom. The Morgan fingerprint density at radius 3 is 2.69 bits per heavy atom. The topological polar surface area (TPSA) is 79.4 Å². The smallest absolute Gasteiger partial charge is 0.163 e. The van der Waals surface area contributed by atoms with Crippen molar-refractivity contribution in [3.63, 3.8) is 0 Å². The fourth-order valence-corrected chi connectivity index (χ4v) is 4.22. The third-order valence-electron chi connectivity index (χ3n) is 6.14. The first-order valence-electron chi connectivity index (χ1n) is 11.0. The van der Waals surface area contributed by atoms with Crippen LogP contribution in [0.3, 0.4) is 0 Å². The van der Waals surface area contributed by atoms with Gasteiger partial charge in [-0.2, -0.15) is 5.26 Å². The van der Waals surface area contributed by atoms with Gasteiger partial charge in [0.25, 0.3) is 0 Å². The first kappa shape index (κ1) is 21.8. The maximum atomic E-state index is 12.6. The first-order valence-corrected chi connectivity index (χ1v) is 11.0. The highest BCUT2D eigenvalue weighted by atomic mass is 16.5. The van der Waals surface area contributed by atoms with Gasteiger partial charge < -0.3 is 9.26 Å². The number of hydrogen-bond donors (Lipinski definition) is 0. The average molecular weight is 430 g/mol. The zero-order chi connectivity index (χ0) is 22.3. The van der Waals surface area contributed by atoms with Crippen molar-refractivity contribution in [1.29, 1.82) is 5.26 Å². The number of ketones is 1. The van der Waals surface area contributed by atoms with Crippen LogP contribution in [0.2, 0.25) is 0 Å². The lowest BCUT2D eigenvalue weighted by Crippen LogP contribution is -2.33. The molecule has 1 aliphatic heterocycles. The highest BCUT2D eigenvalue weighted by molar-refractivity contribution is 5.96. The zero-order valence-corrected chi connectivity index (χ0v) is 18.3. The minimum Gasteiger partial charge on any atom is -0.495 e. The van der Waals surface area contributed by atoms with Crippen LogP contribution in [0.4, 0.5) is 0 Å². The van der Waals surface area contributed by atoms with E-state index in [1.807, 2.05) is 36.4 Å². The van der Waals surface area contributed by atoms with E-state index in [-0.39, 0.29) is 5.78 Å². The fraction of sp³-hybridized carbons (Fsp3) is 0.346. The first-order chi connectivity index (χ1) is 15.7. The third-order valence-corrected chi connectivity index (χ3v) is 6.14. The molecule has 164 valence electrons. The molecular weight excluding hydrogens is 402 g/mol. The number of carbonyl (C=O) groups is 1. The summed E-state index contributed by atoms with van der Waals surface area (Å²) in [5.41, 5.74) is 2.98. The fourth-order valence-electron chi connectivity index (χ4n) is 4.22. The second-order valence-corrected chi connectivity index (χ2v) is 8.25. The SMILES string of the molecule is COc1cc(C(=O)CCC2CCN(Cc3cc(-c4ccccc4)no3)CC2)ccc1C#N. The van der Waals surface area contributed by atoms with Crippen LogP contribution in [-0.2, 0) is 6.54 Å². The van der Waals surface area contributed by atoms with Gasteiger partial charge in [-0.25, -0.2) is 0 Å². The van der Waals surface area contributed by atoms with Crippen molar-refractivity contribution in [1.82, 2.24) is 10.1 Å². The third kappa shape index (κ3) is 5.24. The molecule has 0 N–H and O–H groups in total. The summed E-state index contributed by atoms with van der Waals surface area (Å²) < 4.78 is 10.8. The number of Topliss-reactive ketones (excluding diaryl/α,β-unsaturated/α-hetero) is 1. The van der Waals surface area contributed by atoms with Crippen molar-refractivity contribution < 1.29 is 14.1 Å². The predicted octanol–water partition coefficient (Wildman–Crippen LogP) is 5.10. The van der Waals surface area contributed by atoms with E-state index in [0.717, 1.165) is 55.9 Å². The van der Waals surface area contributed by atoms with Gasteiger partial charge in [0.05, 0.1) is 19.2 Å². The van der Waals surface area contributed by atoms with Gasteiger partial charge in [-0.3, -0.25) is 9.69 Å². The van der Waals surface area contributed by atoms with Crippen LogP contribution in [-0.4, -0.2) is 36.0 Å². The maximum absolute atomic E-state index is 12.6. The molecule has 3 aromatic rings. The van der Waals surface area contributed by atoms with Crippen molar-refractivity contribution in [2.75, 3.05) is 20.2 Å². The number of nitrogens with zero attached hydrogens (tertiary/aromatic N) is 3. The molecule has 0 atom stereocenters. The lowest BCUT2D eigenvalue weighted by atomic mass is 9.90. The van der Waals surface area contributed by atoms with Crippen molar-refractivity contribution in [3.05, 3.63) is 71.5 Å². The van der Waals surface area contributed by atoms with Gasteiger partial charge in [0.2, 0.25) is 0 Å². The van der Waals surface area contributed by atoms with Crippen LogP contribution >= 0.6 is 0 Å². The van der Waals surface area contributed by atoms with Gasteiger partial charge in [-0.15, -0.1) is 0 Å². The van der Waals surface area contributed by atoms with E-state index in [1.165, 1.54) is 7.11 Å². The Hall–Kier alpha value is -3.43. The van der Waals surface area contributed by atoms with E-state index in [4.69, 9.17) is 14.5 Å². The number of aromatic nitrogens is 1. The molecule has 0 aliphatic carbocycles. The summed E-state index contributed by atoms with van der Waals surface area (Å²) in [4.78, 5) is 15.0. The van der Waals surface area contributed by atoms with Gasteiger partial charge in [-0.05, 0) is 56.5 Å². The summed E-state index contributed by atoms with van der Waals surface area (Å²) in [5.74, 6) is 1.98. The molecule has 1 aromatic heterocycles. The number of likely N-dealkylation sites (tertiary alicyclic amines) is 1. The predicted molar refractivity (Wildman–Crippen MR) is 121 cm³/mol. The van der Waals surface area contributed by atoms with Crippen LogP contribution < -0.4 is 4.74 Å². The largest absolute Gasteiger partial charge is 0.495 e. The number of methoxy groups -OCH3 is 1. The average Bonchev–Trinajstić information content (AvgIpc) is 3.32. The normalized spacial score (nSPS) is 14.8. The Bertz CT molecular complexity index is 1090. The monoisotopic (exact) mass is 429 g/mol. The number of carbonyl (C=O) groups excluding carboxylic acids is 1. The summed E-state index contributed by atoms with van der Waals surface area (Å²) in [5, 5.41) is 13.3. The molecule has 4 rings (SSSR count). The van der Waals surface area contributed by atoms with Crippen LogP contribution in [0, 0.1) is 17.2 Å². The van der Waals surface area contributed by atoms with Gasteiger partial charge in [-0.1, -0.05) is 35.5 Å². The summed E-state index contributed by atoms with van der Waals surface area (Å²) in [6, 6.07) is 19.2. The standard InChI is InChI=1S/C26H27N3O3/c1-31-26-15-21(8-9-22(26)17-27)25(30)10-7-19-11-13-29(14-12-19)18-23-16-24(28-32-23)20-5-3-2-4-6-20/h2-6,8-9,15-16,19H,7,10-14,18H2,1H3. The molecule has 1 saturated heterocycles. The molecule has 1 fully saturated rings. The Kier molecular flexibility index (Phi) is 6.98. The van der Waals surface area contributed by atoms with E-state index in [0.29, 0.717) is 29.2 Å². The van der Waals surface area contributed by atoms with E-state index in [1.54, 1.807) is 18.2 Å². The molecular formula is C26H27N3O3. The number of hydrogen-bond acceptors (Lipinski definition) is 6. The van der Waals surface area contributed by atoms with Gasteiger partial charge >= 0.3 is 0 Å². The highest BCUT2D eigenvalue weighted by Crippen LogP contribution is 2.26. The Morgan fingerprint density at radius 1 is 1.19 bits per heavy atom.